The fourth-order valence-corrected chi connectivity index (χ4v) is 4.88. The first-order chi connectivity index (χ1) is 14.0. The quantitative estimate of drug-likeness (QED) is 0.702. The van der Waals surface area contributed by atoms with E-state index in [-0.39, 0.29) is 12.5 Å². The number of morpholine rings is 1. The number of primary amides is 1. The minimum atomic E-state index is -0.811. The van der Waals surface area contributed by atoms with Crippen LogP contribution in [0.25, 0.3) is 10.2 Å². The first-order valence-corrected chi connectivity index (χ1v) is 10.4. The zero-order valence-electron chi connectivity index (χ0n) is 16.2. The van der Waals surface area contributed by atoms with Crippen LogP contribution in [0, 0.1) is 0 Å². The summed E-state index contributed by atoms with van der Waals surface area (Å²) >= 11 is 1.61. The number of para-hydroxylation sites is 1. The molecule has 2 N–H and O–H groups in total. The molecule has 2 heterocycles. The number of ether oxygens (including phenoxy) is 1. The molecule has 1 fully saturated rings. The second-order valence-corrected chi connectivity index (χ2v) is 8.58. The number of carbonyl (C=O) groups is 2. The highest BCUT2D eigenvalue weighted by Gasteiger charge is 2.41. The van der Waals surface area contributed by atoms with Crippen molar-refractivity contribution in [1.29, 1.82) is 0 Å². The van der Waals surface area contributed by atoms with Gasteiger partial charge in [0.2, 0.25) is 11.8 Å². The number of amides is 2. The number of benzene rings is 2. The second kappa shape index (κ2) is 7.93. The third-order valence-electron chi connectivity index (χ3n) is 5.40. The predicted molar refractivity (Wildman–Crippen MR) is 113 cm³/mol. The molecule has 1 saturated heterocycles. The fraction of sp³-hybridized carbons (Fsp3) is 0.318. The van der Waals surface area contributed by atoms with Gasteiger partial charge in [0.15, 0.2) is 6.10 Å². The van der Waals surface area contributed by atoms with Crippen LogP contribution in [0.3, 0.4) is 0 Å². The molecule has 29 heavy (non-hydrogen) atoms. The molecule has 0 aliphatic carbocycles. The lowest BCUT2D eigenvalue weighted by Gasteiger charge is -2.38. The number of thiazole rings is 1. The maximum Gasteiger partial charge on any atom is 0.248 e. The molecule has 4 rings (SSSR count). The van der Waals surface area contributed by atoms with Gasteiger partial charge in [-0.2, -0.15) is 0 Å². The summed E-state index contributed by atoms with van der Waals surface area (Å²) in [4.78, 5) is 31.7. The molecule has 6 nitrogen and oxygen atoms in total. The van der Waals surface area contributed by atoms with E-state index < -0.39 is 17.4 Å². The largest absolute Gasteiger partial charge is 0.367 e. The Kier molecular flexibility index (Phi) is 5.34. The first-order valence-electron chi connectivity index (χ1n) is 9.57. The molecular formula is C22H23N3O3S. The number of hydrogen-bond donors (Lipinski definition) is 1. The fourth-order valence-electron chi connectivity index (χ4n) is 3.76. The molecule has 1 aliphatic rings. The molecule has 7 heteroatoms. The molecule has 2 amide bonds. The minimum absolute atomic E-state index is 0.0440. The molecule has 2 aromatic carbocycles. The molecule has 3 aromatic rings. The number of aromatic nitrogens is 1. The minimum Gasteiger partial charge on any atom is -0.367 e. The smallest absolute Gasteiger partial charge is 0.248 e. The van der Waals surface area contributed by atoms with Crippen molar-refractivity contribution in [3.05, 3.63) is 65.2 Å². The lowest BCUT2D eigenvalue weighted by Crippen LogP contribution is -2.55. The second-order valence-electron chi connectivity index (χ2n) is 7.46. The van der Waals surface area contributed by atoms with E-state index in [0.717, 1.165) is 20.8 Å². The van der Waals surface area contributed by atoms with Gasteiger partial charge in [-0.25, -0.2) is 4.98 Å². The Morgan fingerprint density at radius 3 is 2.66 bits per heavy atom. The van der Waals surface area contributed by atoms with E-state index in [1.165, 1.54) is 0 Å². The van der Waals surface area contributed by atoms with Crippen LogP contribution in [-0.4, -0.2) is 47.5 Å². The Balaban J connectivity index is 1.69. The van der Waals surface area contributed by atoms with Gasteiger partial charge in [-0.3, -0.25) is 9.59 Å². The van der Waals surface area contributed by atoms with Crippen LogP contribution >= 0.6 is 11.3 Å². The zero-order valence-corrected chi connectivity index (χ0v) is 17.0. The molecular weight excluding hydrogens is 386 g/mol. The summed E-state index contributed by atoms with van der Waals surface area (Å²) in [5, 5.41) is 0.908. The number of carbonyl (C=O) groups excluding carboxylic acids is 2. The molecule has 0 spiro atoms. The average Bonchev–Trinajstić information content (AvgIpc) is 3.16. The third-order valence-corrected chi connectivity index (χ3v) is 6.43. The van der Waals surface area contributed by atoms with Gasteiger partial charge in [-0.15, -0.1) is 11.3 Å². The Morgan fingerprint density at radius 2 is 1.93 bits per heavy atom. The van der Waals surface area contributed by atoms with E-state index in [1.54, 1.807) is 16.2 Å². The Hall–Kier alpha value is -2.77. The molecule has 0 unspecified atom stereocenters. The molecule has 0 radical (unpaired) electrons. The monoisotopic (exact) mass is 409 g/mol. The maximum atomic E-state index is 13.7. The van der Waals surface area contributed by atoms with Crippen LogP contribution in [0.1, 0.15) is 17.5 Å². The van der Waals surface area contributed by atoms with E-state index >= 15 is 0 Å². The van der Waals surface area contributed by atoms with Crippen LogP contribution in [0.15, 0.2) is 54.6 Å². The maximum absolute atomic E-state index is 13.7. The van der Waals surface area contributed by atoms with Gasteiger partial charge in [0, 0.05) is 13.0 Å². The molecule has 0 saturated carbocycles. The van der Waals surface area contributed by atoms with Crippen LogP contribution in [0.4, 0.5) is 0 Å². The highest BCUT2D eigenvalue weighted by atomic mass is 32.1. The van der Waals surface area contributed by atoms with Gasteiger partial charge < -0.3 is 15.4 Å². The van der Waals surface area contributed by atoms with Crippen LogP contribution in [0.5, 0.6) is 0 Å². The normalized spacial score (nSPS) is 19.1. The summed E-state index contributed by atoms with van der Waals surface area (Å²) in [6.45, 7) is 2.86. The van der Waals surface area contributed by atoms with Gasteiger partial charge in [0.25, 0.3) is 0 Å². The Bertz CT molecular complexity index is 1000. The topological polar surface area (TPSA) is 85.5 Å². The molecule has 1 aliphatic heterocycles. The lowest BCUT2D eigenvalue weighted by atomic mass is 9.78. The number of hydrogen-bond acceptors (Lipinski definition) is 5. The van der Waals surface area contributed by atoms with Crippen molar-refractivity contribution in [1.82, 2.24) is 9.88 Å². The lowest BCUT2D eigenvalue weighted by molar-refractivity contribution is -0.149. The summed E-state index contributed by atoms with van der Waals surface area (Å²) < 4.78 is 6.52. The van der Waals surface area contributed by atoms with Gasteiger partial charge in [-0.05, 0) is 24.6 Å². The number of nitrogens with zero attached hydrogens (tertiary/aromatic N) is 2. The SMILES string of the molecule is C[C@](Cc1nc2ccccc2s1)(C(=O)N1CCO[C@H](C(N)=O)C1)c1ccccc1. The Labute approximate surface area is 173 Å². The third kappa shape index (κ3) is 3.88. The van der Waals surface area contributed by atoms with Crippen molar-refractivity contribution in [2.24, 2.45) is 5.73 Å². The van der Waals surface area contributed by atoms with Crippen molar-refractivity contribution in [3.8, 4) is 0 Å². The highest BCUT2D eigenvalue weighted by Crippen LogP contribution is 2.34. The van der Waals surface area contributed by atoms with Crippen molar-refractivity contribution < 1.29 is 14.3 Å². The molecule has 2 atom stereocenters. The van der Waals surface area contributed by atoms with Crippen molar-refractivity contribution in [3.63, 3.8) is 0 Å². The Morgan fingerprint density at radius 1 is 1.21 bits per heavy atom. The van der Waals surface area contributed by atoms with E-state index in [4.69, 9.17) is 15.5 Å². The summed E-state index contributed by atoms with van der Waals surface area (Å²) in [5.41, 5.74) is 6.46. The highest BCUT2D eigenvalue weighted by molar-refractivity contribution is 7.18. The van der Waals surface area contributed by atoms with Gasteiger partial charge in [0.1, 0.15) is 0 Å². The number of nitrogens with two attached hydrogens (primary N) is 1. The number of fused-ring (bicyclic) bond motifs is 1. The molecule has 150 valence electrons. The average molecular weight is 410 g/mol. The van der Waals surface area contributed by atoms with E-state index in [9.17, 15) is 9.59 Å². The van der Waals surface area contributed by atoms with Crippen molar-refractivity contribution >= 4 is 33.4 Å². The molecule has 0 bridgehead atoms. The van der Waals surface area contributed by atoms with Crippen LogP contribution in [-0.2, 0) is 26.2 Å². The molecule has 1 aromatic heterocycles. The number of rotatable bonds is 5. The van der Waals surface area contributed by atoms with E-state index in [0.29, 0.717) is 19.6 Å². The van der Waals surface area contributed by atoms with E-state index in [1.807, 2.05) is 61.5 Å². The first kappa shape index (κ1) is 19.5. The van der Waals surface area contributed by atoms with Crippen LogP contribution < -0.4 is 5.73 Å². The summed E-state index contributed by atoms with van der Waals surface area (Å²) in [6.07, 6.45) is -0.288. The van der Waals surface area contributed by atoms with Gasteiger partial charge >= 0.3 is 0 Å². The summed E-state index contributed by atoms with van der Waals surface area (Å²) in [5.74, 6) is -0.590. The standard InChI is InChI=1S/C22H23N3O3S/c1-22(15-7-3-2-4-8-15,13-19-24-16-9-5-6-10-18(16)29-19)21(27)25-11-12-28-17(14-25)20(23)26/h2-10,17H,11-14H2,1H3,(H2,23,26)/t17-,22+/m0/s1. The van der Waals surface area contributed by atoms with E-state index in [2.05, 4.69) is 0 Å². The van der Waals surface area contributed by atoms with Crippen LogP contribution in [0.2, 0.25) is 0 Å². The summed E-state index contributed by atoms with van der Waals surface area (Å²) in [6, 6.07) is 17.7. The summed E-state index contributed by atoms with van der Waals surface area (Å²) in [7, 11) is 0. The zero-order chi connectivity index (χ0) is 20.4. The van der Waals surface area contributed by atoms with Crippen molar-refractivity contribution in [2.45, 2.75) is 24.9 Å². The predicted octanol–water partition coefficient (Wildman–Crippen LogP) is 2.51. The van der Waals surface area contributed by atoms with Gasteiger partial charge in [0.05, 0.1) is 33.8 Å². The van der Waals surface area contributed by atoms with Crippen molar-refractivity contribution in [2.75, 3.05) is 19.7 Å². The van der Waals surface area contributed by atoms with Gasteiger partial charge in [-0.1, -0.05) is 42.5 Å².